The molecule has 234 valence electrons. The van der Waals surface area contributed by atoms with E-state index in [1.165, 1.54) is 25.7 Å². The zero-order valence-electron chi connectivity index (χ0n) is 26.3. The van der Waals surface area contributed by atoms with Crippen LogP contribution in [0, 0.1) is 46.3 Å². The fraction of sp³-hybridized carbons (Fsp3) is 1.00. The molecule has 2 unspecified atom stereocenters. The van der Waals surface area contributed by atoms with Gasteiger partial charge in [-0.1, -0.05) is 27.7 Å². The number of rotatable bonds is 16. The molecule has 0 spiro atoms. The normalized spacial score (nSPS) is 41.8. The summed E-state index contributed by atoms with van der Waals surface area (Å²) in [5.74, 6) is 3.71. The van der Waals surface area contributed by atoms with Crippen LogP contribution in [0.2, 0.25) is 0 Å². The minimum atomic E-state index is 0.148. The van der Waals surface area contributed by atoms with Crippen molar-refractivity contribution in [2.75, 3.05) is 52.7 Å². The summed E-state index contributed by atoms with van der Waals surface area (Å²) >= 11 is 0. The summed E-state index contributed by atoms with van der Waals surface area (Å²) in [6, 6.07) is 0. The van der Waals surface area contributed by atoms with Crippen LogP contribution in [0.3, 0.4) is 0 Å². The summed E-state index contributed by atoms with van der Waals surface area (Å²) in [7, 11) is 0. The average molecular weight is 566 g/mol. The lowest BCUT2D eigenvalue weighted by molar-refractivity contribution is -0.226. The van der Waals surface area contributed by atoms with Gasteiger partial charge in [0.2, 0.25) is 0 Å². The highest BCUT2D eigenvalue weighted by atomic mass is 16.5. The molecule has 11 atom stereocenters. The van der Waals surface area contributed by atoms with Crippen molar-refractivity contribution in [2.45, 2.75) is 110 Å². The second-order valence-corrected chi connectivity index (χ2v) is 14.1. The van der Waals surface area contributed by atoms with Gasteiger partial charge in [0.1, 0.15) is 0 Å². The van der Waals surface area contributed by atoms with Gasteiger partial charge in [0.25, 0.3) is 0 Å². The number of nitrogens with two attached hydrogens (primary N) is 3. The Morgan fingerprint density at radius 2 is 1.52 bits per heavy atom. The van der Waals surface area contributed by atoms with E-state index in [9.17, 15) is 0 Å². The van der Waals surface area contributed by atoms with Crippen LogP contribution in [0.15, 0.2) is 0 Å². The van der Waals surface area contributed by atoms with E-state index in [1.54, 1.807) is 0 Å². The topological polar surface area (TPSA) is 115 Å². The Bertz CT molecular complexity index is 757. The van der Waals surface area contributed by atoms with Crippen molar-refractivity contribution >= 4 is 0 Å². The molecule has 0 amide bonds. The van der Waals surface area contributed by atoms with Gasteiger partial charge in [0.15, 0.2) is 0 Å². The van der Waals surface area contributed by atoms with E-state index in [-0.39, 0.29) is 17.6 Å². The molecule has 7 heteroatoms. The molecule has 0 heterocycles. The van der Waals surface area contributed by atoms with Crippen LogP contribution < -0.4 is 17.2 Å². The molecule has 0 bridgehead atoms. The van der Waals surface area contributed by atoms with E-state index < -0.39 is 0 Å². The van der Waals surface area contributed by atoms with Crippen molar-refractivity contribution in [3.05, 3.63) is 0 Å². The Kier molecular flexibility index (Phi) is 12.2. The van der Waals surface area contributed by atoms with Crippen molar-refractivity contribution in [1.82, 2.24) is 0 Å². The Morgan fingerprint density at radius 3 is 2.25 bits per heavy atom. The lowest BCUT2D eigenvalue weighted by Gasteiger charge is -2.64. The van der Waals surface area contributed by atoms with Crippen LogP contribution in [0.25, 0.3) is 0 Å². The predicted molar refractivity (Wildman–Crippen MR) is 162 cm³/mol. The summed E-state index contributed by atoms with van der Waals surface area (Å²) in [6.45, 7) is 15.3. The predicted octanol–water partition coefficient (Wildman–Crippen LogP) is 4.74. The van der Waals surface area contributed by atoms with E-state index in [0.29, 0.717) is 86.5 Å². The summed E-state index contributed by atoms with van der Waals surface area (Å²) < 4.78 is 25.6. The van der Waals surface area contributed by atoms with E-state index >= 15 is 0 Å². The van der Waals surface area contributed by atoms with Gasteiger partial charge >= 0.3 is 0 Å². The Morgan fingerprint density at radius 1 is 0.800 bits per heavy atom. The maximum atomic E-state index is 6.80. The molecule has 4 aliphatic rings. The van der Waals surface area contributed by atoms with Crippen LogP contribution in [0.5, 0.6) is 0 Å². The average Bonchev–Trinajstić information content (AvgIpc) is 3.31. The fourth-order valence-electron chi connectivity index (χ4n) is 10.3. The maximum Gasteiger partial charge on any atom is 0.0637 e. The van der Waals surface area contributed by atoms with Gasteiger partial charge in [-0.2, -0.15) is 0 Å². The molecule has 0 aromatic heterocycles. The molecule has 40 heavy (non-hydrogen) atoms. The minimum absolute atomic E-state index is 0.148. The van der Waals surface area contributed by atoms with Crippen molar-refractivity contribution in [2.24, 2.45) is 63.5 Å². The second kappa shape index (κ2) is 14.9. The molecule has 0 saturated heterocycles. The van der Waals surface area contributed by atoms with Gasteiger partial charge in [-0.05, 0) is 105 Å². The molecule has 4 aliphatic carbocycles. The molecular formula is C33H63N3O4. The molecule has 0 aromatic carbocycles. The third-order valence-electron chi connectivity index (χ3n) is 12.1. The standard InChI is InChI=1S/C33H63N3O4/c1-5-15-37-16-6-7-23(2)26-8-9-27-31-28(22-30(33(26,27)4)40-19-14-36)32(3)11-10-25(38-17-12-34)20-24(32)21-29(31)39-18-13-35/h23-31H,5-22,34-36H2,1-4H3/t23-,24?,25-,26-,27+,28+,29-,30+,31?,32+,33-/m1/s1. The zero-order chi connectivity index (χ0) is 28.8. The summed E-state index contributed by atoms with van der Waals surface area (Å²) in [4.78, 5) is 0. The minimum Gasteiger partial charge on any atom is -0.381 e. The second-order valence-electron chi connectivity index (χ2n) is 14.1. The van der Waals surface area contributed by atoms with Gasteiger partial charge in [0, 0.05) is 38.3 Å². The number of hydrogen-bond acceptors (Lipinski definition) is 7. The first kappa shape index (κ1) is 32.6. The van der Waals surface area contributed by atoms with Gasteiger partial charge < -0.3 is 36.1 Å². The quantitative estimate of drug-likeness (QED) is 0.232. The smallest absolute Gasteiger partial charge is 0.0637 e. The molecule has 4 rings (SSSR count). The van der Waals surface area contributed by atoms with Crippen LogP contribution >= 0.6 is 0 Å². The van der Waals surface area contributed by atoms with Gasteiger partial charge in [-0.15, -0.1) is 0 Å². The van der Waals surface area contributed by atoms with Crippen molar-refractivity contribution in [3.8, 4) is 0 Å². The third-order valence-corrected chi connectivity index (χ3v) is 12.1. The van der Waals surface area contributed by atoms with E-state index in [2.05, 4.69) is 27.7 Å². The van der Waals surface area contributed by atoms with E-state index in [1.807, 2.05) is 0 Å². The lowest BCUT2D eigenvalue weighted by atomic mass is 9.43. The summed E-state index contributed by atoms with van der Waals surface area (Å²) in [6.07, 6.45) is 12.7. The van der Waals surface area contributed by atoms with Gasteiger partial charge in [-0.25, -0.2) is 0 Å². The SMILES string of the molecule is CCCOCCC[C@@H](C)[C@H]1CC[C@H]2C3[C@H](OCCN)CC4C[C@H](OCCN)CC[C@]4(C)[C@H]3C[C@H](OCCN)[C@]12C. The molecular weight excluding hydrogens is 502 g/mol. The van der Waals surface area contributed by atoms with Crippen molar-refractivity contribution < 1.29 is 18.9 Å². The van der Waals surface area contributed by atoms with E-state index in [0.717, 1.165) is 51.7 Å². The molecule has 0 radical (unpaired) electrons. The first-order chi connectivity index (χ1) is 19.3. The lowest BCUT2D eigenvalue weighted by Crippen LogP contribution is -2.63. The third kappa shape index (κ3) is 6.61. The van der Waals surface area contributed by atoms with Crippen molar-refractivity contribution in [1.29, 1.82) is 0 Å². The van der Waals surface area contributed by atoms with Crippen LogP contribution in [-0.4, -0.2) is 71.0 Å². The van der Waals surface area contributed by atoms with E-state index in [4.69, 9.17) is 36.1 Å². The summed E-state index contributed by atoms with van der Waals surface area (Å²) in [5, 5.41) is 0. The largest absolute Gasteiger partial charge is 0.381 e. The zero-order valence-corrected chi connectivity index (χ0v) is 26.3. The molecule has 4 fully saturated rings. The van der Waals surface area contributed by atoms with Crippen LogP contribution in [0.1, 0.15) is 91.9 Å². The molecule has 0 aromatic rings. The highest BCUT2D eigenvalue weighted by Crippen LogP contribution is 2.69. The maximum absolute atomic E-state index is 6.80. The van der Waals surface area contributed by atoms with Crippen LogP contribution in [0.4, 0.5) is 0 Å². The molecule has 4 saturated carbocycles. The highest BCUT2D eigenvalue weighted by molar-refractivity contribution is 5.15. The van der Waals surface area contributed by atoms with Gasteiger partial charge in [-0.3, -0.25) is 0 Å². The Balaban J connectivity index is 1.59. The highest BCUT2D eigenvalue weighted by Gasteiger charge is 2.66. The first-order valence-corrected chi connectivity index (χ1v) is 16.9. The Hall–Kier alpha value is -0.280. The van der Waals surface area contributed by atoms with Crippen molar-refractivity contribution in [3.63, 3.8) is 0 Å². The fourth-order valence-corrected chi connectivity index (χ4v) is 10.3. The number of ether oxygens (including phenoxy) is 4. The summed E-state index contributed by atoms with van der Waals surface area (Å²) in [5.41, 5.74) is 18.2. The monoisotopic (exact) mass is 565 g/mol. The first-order valence-electron chi connectivity index (χ1n) is 16.9. The number of fused-ring (bicyclic) bond motifs is 5. The molecule has 7 nitrogen and oxygen atoms in total. The molecule has 6 N–H and O–H groups in total. The van der Waals surface area contributed by atoms with Crippen LogP contribution in [-0.2, 0) is 18.9 Å². The Labute approximate surface area is 245 Å². The molecule has 0 aliphatic heterocycles. The van der Waals surface area contributed by atoms with Gasteiger partial charge in [0.05, 0.1) is 38.1 Å². The number of hydrogen-bond donors (Lipinski definition) is 3.